The number of hydrogen-bond acceptors (Lipinski definition) is 4. The number of rotatable bonds is 5. The molecule has 96 valence electrons. The molecule has 2 aromatic rings. The summed E-state index contributed by atoms with van der Waals surface area (Å²) in [5.41, 5.74) is 0.840. The van der Waals surface area contributed by atoms with Gasteiger partial charge in [-0.05, 0) is 30.2 Å². The number of nitrogens with zero attached hydrogens (tertiary/aromatic N) is 2. The van der Waals surface area contributed by atoms with E-state index in [4.69, 9.17) is 16.3 Å². The maximum absolute atomic E-state index is 5.93. The molecule has 0 amide bonds. The first kappa shape index (κ1) is 13.1. The molecule has 18 heavy (non-hydrogen) atoms. The van der Waals surface area contributed by atoms with Gasteiger partial charge in [0.2, 0.25) is 5.28 Å². The predicted octanol–water partition coefficient (Wildman–Crippen LogP) is 3.12. The molecule has 1 N–H and O–H groups in total. The first-order valence-electron chi connectivity index (χ1n) is 5.92. The van der Waals surface area contributed by atoms with Gasteiger partial charge in [-0.1, -0.05) is 19.1 Å². The summed E-state index contributed by atoms with van der Waals surface area (Å²) in [5.74, 6) is 0.759. The topological polar surface area (TPSA) is 47.0 Å². The third-order valence-electron chi connectivity index (χ3n) is 2.78. The zero-order chi connectivity index (χ0) is 13.0. The number of fused-ring (bicyclic) bond motifs is 1. The zero-order valence-electron chi connectivity index (χ0n) is 10.5. The number of benzene rings is 1. The molecule has 2 rings (SSSR count). The van der Waals surface area contributed by atoms with Crippen molar-refractivity contribution in [1.82, 2.24) is 9.97 Å². The summed E-state index contributed by atoms with van der Waals surface area (Å²) in [6, 6.07) is 8.01. The van der Waals surface area contributed by atoms with Gasteiger partial charge in [0.1, 0.15) is 5.82 Å². The Balaban J connectivity index is 2.37. The Kier molecular flexibility index (Phi) is 4.33. The van der Waals surface area contributed by atoms with Crippen molar-refractivity contribution in [2.75, 3.05) is 19.0 Å². The van der Waals surface area contributed by atoms with Crippen molar-refractivity contribution in [1.29, 1.82) is 0 Å². The van der Waals surface area contributed by atoms with E-state index in [1.165, 1.54) is 0 Å². The highest BCUT2D eigenvalue weighted by atomic mass is 35.5. The molecule has 1 aromatic heterocycles. The minimum absolute atomic E-state index is 0.212. The van der Waals surface area contributed by atoms with Crippen LogP contribution in [-0.2, 0) is 4.74 Å². The zero-order valence-corrected chi connectivity index (χ0v) is 11.2. The Bertz CT molecular complexity index is 533. The van der Waals surface area contributed by atoms with Crippen molar-refractivity contribution < 1.29 is 4.74 Å². The largest absolute Gasteiger partial charge is 0.383 e. The van der Waals surface area contributed by atoms with Crippen molar-refractivity contribution in [3.05, 3.63) is 29.5 Å². The lowest BCUT2D eigenvalue weighted by molar-refractivity contribution is 0.184. The molecule has 5 heteroatoms. The summed E-state index contributed by atoms with van der Waals surface area (Å²) in [5, 5.41) is 4.58. The Labute approximate surface area is 111 Å². The highest BCUT2D eigenvalue weighted by Gasteiger charge is 2.11. The fourth-order valence-corrected chi connectivity index (χ4v) is 1.99. The van der Waals surface area contributed by atoms with Crippen LogP contribution >= 0.6 is 11.6 Å². The molecule has 0 spiro atoms. The molecular formula is C13H16ClN3O. The second-order valence-electron chi connectivity index (χ2n) is 4.06. The molecule has 0 aliphatic heterocycles. The van der Waals surface area contributed by atoms with E-state index in [1.54, 1.807) is 7.11 Å². The van der Waals surface area contributed by atoms with Crippen LogP contribution in [-0.4, -0.2) is 29.7 Å². The SMILES string of the molecule is CCC(COC)Nc1nc(Cl)nc2ccccc12. The van der Waals surface area contributed by atoms with Crippen molar-refractivity contribution in [3.63, 3.8) is 0 Å². The van der Waals surface area contributed by atoms with Crippen LogP contribution < -0.4 is 5.32 Å². The number of halogens is 1. The minimum atomic E-state index is 0.212. The van der Waals surface area contributed by atoms with Crippen molar-refractivity contribution in [3.8, 4) is 0 Å². The number of para-hydroxylation sites is 1. The molecule has 1 unspecified atom stereocenters. The molecule has 0 aliphatic rings. The van der Waals surface area contributed by atoms with Crippen LogP contribution in [0.5, 0.6) is 0 Å². The van der Waals surface area contributed by atoms with Crippen molar-refractivity contribution in [2.24, 2.45) is 0 Å². The first-order valence-corrected chi connectivity index (χ1v) is 6.30. The van der Waals surface area contributed by atoms with E-state index >= 15 is 0 Å². The quantitative estimate of drug-likeness (QED) is 0.844. The van der Waals surface area contributed by atoms with E-state index in [2.05, 4.69) is 22.2 Å². The van der Waals surface area contributed by atoms with E-state index in [1.807, 2.05) is 24.3 Å². The van der Waals surface area contributed by atoms with Crippen molar-refractivity contribution >= 4 is 28.3 Å². The van der Waals surface area contributed by atoms with Gasteiger partial charge in [-0.25, -0.2) is 9.97 Å². The van der Waals surface area contributed by atoms with Gasteiger partial charge in [0.05, 0.1) is 18.2 Å². The predicted molar refractivity (Wildman–Crippen MR) is 74.1 cm³/mol. The molecule has 1 heterocycles. The Hall–Kier alpha value is -1.39. The minimum Gasteiger partial charge on any atom is -0.383 e. The number of aromatic nitrogens is 2. The molecule has 0 radical (unpaired) electrons. The third-order valence-corrected chi connectivity index (χ3v) is 2.95. The van der Waals surface area contributed by atoms with Crippen molar-refractivity contribution in [2.45, 2.75) is 19.4 Å². The van der Waals surface area contributed by atoms with Crippen LogP contribution in [0.4, 0.5) is 5.82 Å². The second-order valence-corrected chi connectivity index (χ2v) is 4.40. The maximum atomic E-state index is 5.93. The average molecular weight is 266 g/mol. The Morgan fingerprint density at radius 2 is 2.11 bits per heavy atom. The molecule has 0 saturated carbocycles. The Morgan fingerprint density at radius 1 is 1.33 bits per heavy atom. The van der Waals surface area contributed by atoms with Crippen LogP contribution in [0.1, 0.15) is 13.3 Å². The van der Waals surface area contributed by atoms with E-state index < -0.39 is 0 Å². The van der Waals surface area contributed by atoms with Gasteiger partial charge in [0, 0.05) is 12.5 Å². The first-order chi connectivity index (χ1) is 8.74. The molecule has 0 bridgehead atoms. The summed E-state index contributed by atoms with van der Waals surface area (Å²) >= 11 is 5.93. The van der Waals surface area contributed by atoms with E-state index in [9.17, 15) is 0 Å². The normalized spacial score (nSPS) is 12.6. The molecule has 0 aliphatic carbocycles. The average Bonchev–Trinajstić information content (AvgIpc) is 2.38. The standard InChI is InChI=1S/C13H16ClN3O/c1-3-9(8-18-2)15-12-10-6-4-5-7-11(10)16-13(14)17-12/h4-7,9H,3,8H2,1-2H3,(H,15,16,17). The van der Waals surface area contributed by atoms with Gasteiger partial charge in [-0.15, -0.1) is 0 Å². The molecule has 4 nitrogen and oxygen atoms in total. The monoisotopic (exact) mass is 265 g/mol. The molecule has 1 aromatic carbocycles. The fraction of sp³-hybridized carbons (Fsp3) is 0.385. The van der Waals surface area contributed by atoms with Crippen LogP contribution in [0, 0.1) is 0 Å². The highest BCUT2D eigenvalue weighted by Crippen LogP contribution is 2.22. The summed E-state index contributed by atoms with van der Waals surface area (Å²) in [4.78, 5) is 8.46. The third kappa shape index (κ3) is 2.89. The van der Waals surface area contributed by atoms with Gasteiger partial charge in [0.25, 0.3) is 0 Å². The number of ether oxygens (including phenoxy) is 1. The highest BCUT2D eigenvalue weighted by molar-refractivity contribution is 6.28. The lowest BCUT2D eigenvalue weighted by Gasteiger charge is -2.17. The summed E-state index contributed by atoms with van der Waals surface area (Å²) in [7, 11) is 1.69. The van der Waals surface area contributed by atoms with Crippen LogP contribution in [0.2, 0.25) is 5.28 Å². The Morgan fingerprint density at radius 3 is 2.83 bits per heavy atom. The van der Waals surface area contributed by atoms with Crippen LogP contribution in [0.15, 0.2) is 24.3 Å². The van der Waals surface area contributed by atoms with Gasteiger partial charge < -0.3 is 10.1 Å². The van der Waals surface area contributed by atoms with E-state index in [0.717, 1.165) is 23.1 Å². The number of nitrogens with one attached hydrogen (secondary N) is 1. The van der Waals surface area contributed by atoms with Gasteiger partial charge >= 0.3 is 0 Å². The van der Waals surface area contributed by atoms with E-state index in [0.29, 0.717) is 6.61 Å². The van der Waals surface area contributed by atoms with Gasteiger partial charge in [0.15, 0.2) is 0 Å². The van der Waals surface area contributed by atoms with Gasteiger partial charge in [-0.2, -0.15) is 0 Å². The molecule has 1 atom stereocenters. The van der Waals surface area contributed by atoms with Crippen LogP contribution in [0.3, 0.4) is 0 Å². The summed E-state index contributed by atoms with van der Waals surface area (Å²) in [6.45, 7) is 2.73. The lowest BCUT2D eigenvalue weighted by atomic mass is 10.2. The smallest absolute Gasteiger partial charge is 0.224 e. The summed E-state index contributed by atoms with van der Waals surface area (Å²) < 4.78 is 5.17. The second kappa shape index (κ2) is 5.98. The lowest BCUT2D eigenvalue weighted by Crippen LogP contribution is -2.24. The fourth-order valence-electron chi connectivity index (χ4n) is 1.81. The van der Waals surface area contributed by atoms with Crippen LogP contribution in [0.25, 0.3) is 10.9 Å². The molecule has 0 fully saturated rings. The number of anilines is 1. The van der Waals surface area contributed by atoms with E-state index in [-0.39, 0.29) is 11.3 Å². The maximum Gasteiger partial charge on any atom is 0.224 e. The number of methoxy groups -OCH3 is 1. The number of hydrogen-bond donors (Lipinski definition) is 1. The molecule has 0 saturated heterocycles. The van der Waals surface area contributed by atoms with Gasteiger partial charge in [-0.3, -0.25) is 0 Å². The molecular weight excluding hydrogens is 250 g/mol. The summed E-state index contributed by atoms with van der Waals surface area (Å²) in [6.07, 6.45) is 0.948.